The molecule has 0 saturated heterocycles. The van der Waals surface area contributed by atoms with Crippen LogP contribution in [0.1, 0.15) is 27.2 Å². The van der Waals surface area contributed by atoms with E-state index in [9.17, 15) is 9.59 Å². The number of hydrogen-bond donors (Lipinski definition) is 1. The van der Waals surface area contributed by atoms with Crippen molar-refractivity contribution in [3.8, 4) is 5.75 Å². The topological polar surface area (TPSA) is 81.9 Å². The largest absolute Gasteiger partial charge is 0.481 e. The van der Waals surface area contributed by atoms with Crippen molar-refractivity contribution in [3.63, 3.8) is 0 Å². The van der Waals surface area contributed by atoms with E-state index in [0.29, 0.717) is 24.3 Å². The van der Waals surface area contributed by atoms with Crippen LogP contribution in [0.5, 0.6) is 5.75 Å². The van der Waals surface area contributed by atoms with E-state index in [-0.39, 0.29) is 17.6 Å². The van der Waals surface area contributed by atoms with Crippen LogP contribution in [-0.2, 0) is 9.53 Å². The average molecular weight is 458 g/mol. The summed E-state index contributed by atoms with van der Waals surface area (Å²) in [4.78, 5) is 30.4. The molecule has 1 amide bonds. The summed E-state index contributed by atoms with van der Waals surface area (Å²) in [5.74, 6) is 0.391. The number of hydrogen-bond acceptors (Lipinski definition) is 5. The van der Waals surface area contributed by atoms with Crippen molar-refractivity contribution in [3.05, 3.63) is 65.1 Å². The Hall–Kier alpha value is -3.71. The Bertz CT molecular complexity index is 1560. The van der Waals surface area contributed by atoms with E-state index in [2.05, 4.69) is 10.3 Å². The standard InChI is InChI=1S/C27H27N3O4/c1-16(2)33-14-6-12-29-26(31)17(3)34-18-9-10-23-22(15-18)20-11-13-28-24-19-7-4-5-8-21(19)27(32)30(23)25(20)24/h4-5,7-11,13,15-17H,6,12,14H2,1-3H3,(H,29,31). The molecule has 5 rings (SSSR count). The smallest absolute Gasteiger partial charge is 0.263 e. The van der Waals surface area contributed by atoms with Crippen LogP contribution >= 0.6 is 0 Å². The molecular formula is C27H27N3O4. The molecule has 34 heavy (non-hydrogen) atoms. The zero-order chi connectivity index (χ0) is 23.8. The van der Waals surface area contributed by atoms with Crippen molar-refractivity contribution in [2.45, 2.75) is 39.4 Å². The van der Waals surface area contributed by atoms with Gasteiger partial charge >= 0.3 is 0 Å². The number of rotatable bonds is 8. The first-order valence-electron chi connectivity index (χ1n) is 11.6. The molecule has 7 nitrogen and oxygen atoms in total. The Balaban J connectivity index is 1.45. The number of fused-ring (bicyclic) bond motifs is 5. The molecule has 0 aliphatic carbocycles. The van der Waals surface area contributed by atoms with Gasteiger partial charge in [-0.25, -0.2) is 0 Å². The zero-order valence-electron chi connectivity index (χ0n) is 19.5. The summed E-state index contributed by atoms with van der Waals surface area (Å²) in [5.41, 5.74) is 2.31. The first kappa shape index (κ1) is 22.1. The van der Waals surface area contributed by atoms with Gasteiger partial charge in [0, 0.05) is 40.9 Å². The second-order valence-electron chi connectivity index (χ2n) is 8.75. The van der Waals surface area contributed by atoms with Crippen LogP contribution in [-0.4, -0.2) is 40.7 Å². The highest BCUT2D eigenvalue weighted by molar-refractivity contribution is 6.18. The maximum atomic E-state index is 13.3. The van der Waals surface area contributed by atoms with Crippen molar-refractivity contribution in [2.75, 3.05) is 13.2 Å². The molecule has 2 aromatic carbocycles. The third-order valence-corrected chi connectivity index (χ3v) is 6.02. The van der Waals surface area contributed by atoms with Crippen LogP contribution < -0.4 is 15.6 Å². The number of amides is 1. The average Bonchev–Trinajstić information content (AvgIpc) is 3.17. The highest BCUT2D eigenvalue weighted by Crippen LogP contribution is 2.34. The Morgan fingerprint density at radius 3 is 2.62 bits per heavy atom. The number of carbonyl (C=O) groups is 1. The van der Waals surface area contributed by atoms with E-state index in [1.165, 1.54) is 0 Å². The lowest BCUT2D eigenvalue weighted by Crippen LogP contribution is -2.37. The third kappa shape index (κ3) is 3.82. The normalized spacial score (nSPS) is 12.8. The molecule has 0 aliphatic heterocycles. The molecule has 0 bridgehead atoms. The van der Waals surface area contributed by atoms with Gasteiger partial charge in [0.2, 0.25) is 0 Å². The minimum Gasteiger partial charge on any atom is -0.481 e. The molecule has 1 N–H and O–H groups in total. The van der Waals surface area contributed by atoms with Gasteiger partial charge in [0.05, 0.1) is 22.7 Å². The Labute approximate surface area is 196 Å². The van der Waals surface area contributed by atoms with Crippen molar-refractivity contribution in [2.24, 2.45) is 0 Å². The maximum absolute atomic E-state index is 13.3. The van der Waals surface area contributed by atoms with Crippen molar-refractivity contribution < 1.29 is 14.3 Å². The second kappa shape index (κ2) is 8.91. The van der Waals surface area contributed by atoms with Gasteiger partial charge in [-0.1, -0.05) is 18.2 Å². The molecule has 7 heteroatoms. The van der Waals surface area contributed by atoms with Crippen LogP contribution in [0.2, 0.25) is 0 Å². The van der Waals surface area contributed by atoms with Gasteiger partial charge in [0.25, 0.3) is 11.5 Å². The van der Waals surface area contributed by atoms with Crippen LogP contribution in [0.4, 0.5) is 0 Å². The van der Waals surface area contributed by atoms with E-state index >= 15 is 0 Å². The van der Waals surface area contributed by atoms with E-state index in [1.54, 1.807) is 23.6 Å². The Morgan fingerprint density at radius 1 is 1.03 bits per heavy atom. The molecule has 174 valence electrons. The molecule has 0 fully saturated rings. The first-order valence-corrected chi connectivity index (χ1v) is 11.6. The molecule has 0 saturated carbocycles. The van der Waals surface area contributed by atoms with Crippen LogP contribution in [0.3, 0.4) is 0 Å². The van der Waals surface area contributed by atoms with Crippen LogP contribution in [0, 0.1) is 0 Å². The van der Waals surface area contributed by atoms with E-state index < -0.39 is 6.10 Å². The van der Waals surface area contributed by atoms with Crippen molar-refractivity contribution in [1.29, 1.82) is 0 Å². The Morgan fingerprint density at radius 2 is 1.82 bits per heavy atom. The third-order valence-electron chi connectivity index (χ3n) is 6.02. The first-order chi connectivity index (χ1) is 16.5. The predicted molar refractivity (Wildman–Crippen MR) is 134 cm³/mol. The van der Waals surface area contributed by atoms with E-state index in [0.717, 1.165) is 39.1 Å². The summed E-state index contributed by atoms with van der Waals surface area (Å²) in [6.45, 7) is 6.83. The summed E-state index contributed by atoms with van der Waals surface area (Å²) in [6.07, 6.45) is 2.03. The number of nitrogens with one attached hydrogen (secondary N) is 1. The minimum absolute atomic E-state index is 0.0704. The fourth-order valence-electron chi connectivity index (χ4n) is 4.43. The lowest BCUT2D eigenvalue weighted by molar-refractivity contribution is -0.127. The van der Waals surface area contributed by atoms with E-state index in [4.69, 9.17) is 9.47 Å². The Kier molecular flexibility index (Phi) is 5.79. The summed E-state index contributed by atoms with van der Waals surface area (Å²) in [6, 6.07) is 15.0. The monoisotopic (exact) mass is 457 g/mol. The van der Waals surface area contributed by atoms with Gasteiger partial charge < -0.3 is 14.8 Å². The fourth-order valence-corrected chi connectivity index (χ4v) is 4.43. The number of ether oxygens (including phenoxy) is 2. The van der Waals surface area contributed by atoms with Crippen molar-refractivity contribution in [1.82, 2.24) is 14.7 Å². The zero-order valence-corrected chi connectivity index (χ0v) is 19.5. The fraction of sp³-hybridized carbons (Fsp3) is 0.296. The summed E-state index contributed by atoms with van der Waals surface area (Å²) in [7, 11) is 0. The molecule has 1 atom stereocenters. The molecule has 3 aromatic heterocycles. The predicted octanol–water partition coefficient (Wildman–Crippen LogP) is 4.29. The molecule has 0 radical (unpaired) electrons. The number of pyridine rings is 2. The SMILES string of the molecule is CC(C)OCCCNC(=O)C(C)Oc1ccc2c(c1)c1ccnc3c4ccccc4c(=O)n2c13. The summed E-state index contributed by atoms with van der Waals surface area (Å²) < 4.78 is 13.2. The number of carbonyl (C=O) groups excluding carboxylic acids is 1. The van der Waals surface area contributed by atoms with E-state index in [1.807, 2.05) is 56.3 Å². The minimum atomic E-state index is -0.657. The molecule has 1 unspecified atom stereocenters. The highest BCUT2D eigenvalue weighted by atomic mass is 16.5. The lowest BCUT2D eigenvalue weighted by atomic mass is 10.1. The quantitative estimate of drug-likeness (QED) is 0.278. The van der Waals surface area contributed by atoms with Crippen LogP contribution in [0.25, 0.3) is 38.1 Å². The maximum Gasteiger partial charge on any atom is 0.263 e. The molecule has 0 spiro atoms. The molecular weight excluding hydrogens is 430 g/mol. The van der Waals surface area contributed by atoms with Crippen molar-refractivity contribution >= 4 is 44.0 Å². The summed E-state index contributed by atoms with van der Waals surface area (Å²) >= 11 is 0. The number of aromatic nitrogens is 2. The van der Waals surface area contributed by atoms with Gasteiger partial charge in [-0.15, -0.1) is 0 Å². The van der Waals surface area contributed by atoms with Gasteiger partial charge in [-0.2, -0.15) is 0 Å². The van der Waals surface area contributed by atoms with Gasteiger partial charge in [0.1, 0.15) is 5.75 Å². The summed E-state index contributed by atoms with van der Waals surface area (Å²) in [5, 5.41) is 6.18. The number of nitrogens with zero attached hydrogens (tertiary/aromatic N) is 2. The van der Waals surface area contributed by atoms with Gasteiger partial charge in [0.15, 0.2) is 6.10 Å². The van der Waals surface area contributed by atoms with Crippen LogP contribution in [0.15, 0.2) is 59.5 Å². The molecule has 0 aliphatic rings. The molecule has 5 aromatic rings. The highest BCUT2D eigenvalue weighted by Gasteiger charge is 2.19. The van der Waals surface area contributed by atoms with Gasteiger partial charge in [-0.05, 0) is 57.5 Å². The molecule has 3 heterocycles. The van der Waals surface area contributed by atoms with Gasteiger partial charge in [-0.3, -0.25) is 19.0 Å². The lowest BCUT2D eigenvalue weighted by Gasteiger charge is -2.15. The second-order valence-corrected chi connectivity index (χ2v) is 8.75. The number of benzene rings is 2.